The molecule has 0 aliphatic rings. The highest BCUT2D eigenvalue weighted by Crippen LogP contribution is 2.16. The summed E-state index contributed by atoms with van der Waals surface area (Å²) < 4.78 is 0. The number of hydrogen-bond acceptors (Lipinski definition) is 2. The highest BCUT2D eigenvalue weighted by Gasteiger charge is 2.06. The molecule has 2 aromatic carbocycles. The van der Waals surface area contributed by atoms with Crippen LogP contribution < -0.4 is 11.1 Å². The second kappa shape index (κ2) is 4.89. The summed E-state index contributed by atoms with van der Waals surface area (Å²) in [6, 6.07) is 13.8. The van der Waals surface area contributed by atoms with Gasteiger partial charge in [0.2, 0.25) is 0 Å². The summed E-state index contributed by atoms with van der Waals surface area (Å²) >= 11 is 5.83. The molecule has 0 unspecified atom stereocenters. The van der Waals surface area contributed by atoms with Crippen LogP contribution in [0.2, 0.25) is 5.02 Å². The molecule has 0 spiro atoms. The van der Waals surface area contributed by atoms with Crippen molar-refractivity contribution < 1.29 is 4.79 Å². The maximum atomic E-state index is 11.9. The maximum Gasteiger partial charge on any atom is 0.255 e. The normalized spacial score (nSPS) is 9.94. The zero-order valence-corrected chi connectivity index (χ0v) is 9.74. The molecule has 0 bridgehead atoms. The van der Waals surface area contributed by atoms with Gasteiger partial charge in [-0.3, -0.25) is 4.79 Å². The highest BCUT2D eigenvalue weighted by molar-refractivity contribution is 6.30. The first-order valence-corrected chi connectivity index (χ1v) is 5.45. The number of carbonyl (C=O) groups excluding carboxylic acids is 1. The van der Waals surface area contributed by atoms with Gasteiger partial charge in [-0.2, -0.15) is 0 Å². The van der Waals surface area contributed by atoms with E-state index < -0.39 is 0 Å². The van der Waals surface area contributed by atoms with E-state index in [4.69, 9.17) is 17.3 Å². The first kappa shape index (κ1) is 11.5. The van der Waals surface area contributed by atoms with Crippen LogP contribution in [-0.2, 0) is 0 Å². The van der Waals surface area contributed by atoms with Crippen molar-refractivity contribution in [3.05, 3.63) is 59.1 Å². The van der Waals surface area contributed by atoms with Crippen LogP contribution in [0.1, 0.15) is 10.4 Å². The molecule has 0 heterocycles. The van der Waals surface area contributed by atoms with E-state index in [0.717, 1.165) is 0 Å². The number of benzene rings is 2. The fourth-order valence-corrected chi connectivity index (χ4v) is 1.64. The topological polar surface area (TPSA) is 55.1 Å². The third kappa shape index (κ3) is 2.98. The number of hydrogen-bond donors (Lipinski definition) is 2. The Morgan fingerprint density at radius 3 is 2.59 bits per heavy atom. The van der Waals surface area contributed by atoms with E-state index in [2.05, 4.69) is 5.32 Å². The van der Waals surface area contributed by atoms with Crippen molar-refractivity contribution in [1.82, 2.24) is 0 Å². The minimum Gasteiger partial charge on any atom is -0.399 e. The number of amides is 1. The van der Waals surface area contributed by atoms with E-state index in [1.54, 1.807) is 48.5 Å². The van der Waals surface area contributed by atoms with Crippen LogP contribution in [0.5, 0.6) is 0 Å². The van der Waals surface area contributed by atoms with Crippen molar-refractivity contribution >= 4 is 28.9 Å². The van der Waals surface area contributed by atoms with Gasteiger partial charge in [0.05, 0.1) is 0 Å². The Kier molecular flexibility index (Phi) is 3.30. The number of rotatable bonds is 2. The van der Waals surface area contributed by atoms with Crippen molar-refractivity contribution in [2.24, 2.45) is 0 Å². The third-order valence-electron chi connectivity index (χ3n) is 2.23. The summed E-state index contributed by atoms with van der Waals surface area (Å²) in [5.41, 5.74) is 7.35. The average molecular weight is 247 g/mol. The minimum absolute atomic E-state index is 0.209. The van der Waals surface area contributed by atoms with Gasteiger partial charge in [-0.05, 0) is 36.4 Å². The quantitative estimate of drug-likeness (QED) is 0.800. The zero-order valence-electron chi connectivity index (χ0n) is 8.98. The molecular weight excluding hydrogens is 236 g/mol. The molecule has 4 heteroatoms. The smallest absolute Gasteiger partial charge is 0.255 e. The predicted molar refractivity (Wildman–Crippen MR) is 70.3 cm³/mol. The van der Waals surface area contributed by atoms with E-state index in [0.29, 0.717) is 22.0 Å². The van der Waals surface area contributed by atoms with E-state index >= 15 is 0 Å². The SMILES string of the molecule is Nc1cccc(C(=O)Nc2cccc(Cl)c2)c1. The largest absolute Gasteiger partial charge is 0.399 e. The lowest BCUT2D eigenvalue weighted by Crippen LogP contribution is -2.11. The highest BCUT2D eigenvalue weighted by atomic mass is 35.5. The molecule has 0 fully saturated rings. The van der Waals surface area contributed by atoms with Gasteiger partial charge in [-0.15, -0.1) is 0 Å². The molecule has 0 aliphatic heterocycles. The van der Waals surface area contributed by atoms with Crippen molar-refractivity contribution in [3.8, 4) is 0 Å². The first-order chi connectivity index (χ1) is 8.15. The predicted octanol–water partition coefficient (Wildman–Crippen LogP) is 3.17. The van der Waals surface area contributed by atoms with E-state index in [1.165, 1.54) is 0 Å². The summed E-state index contributed by atoms with van der Waals surface area (Å²) in [5.74, 6) is -0.209. The van der Waals surface area contributed by atoms with Gasteiger partial charge in [-0.1, -0.05) is 23.7 Å². The Morgan fingerprint density at radius 2 is 1.88 bits per heavy atom. The van der Waals surface area contributed by atoms with Crippen molar-refractivity contribution in [1.29, 1.82) is 0 Å². The fraction of sp³-hybridized carbons (Fsp3) is 0. The molecular formula is C13H11ClN2O. The number of nitrogen functional groups attached to an aromatic ring is 1. The Morgan fingerprint density at radius 1 is 1.12 bits per heavy atom. The van der Waals surface area contributed by atoms with Gasteiger partial charge in [0.15, 0.2) is 0 Å². The summed E-state index contributed by atoms with van der Waals surface area (Å²) in [6.45, 7) is 0. The molecule has 3 N–H and O–H groups in total. The molecule has 0 saturated heterocycles. The van der Waals surface area contributed by atoms with Gasteiger partial charge >= 0.3 is 0 Å². The molecule has 3 nitrogen and oxygen atoms in total. The second-order valence-electron chi connectivity index (χ2n) is 3.59. The van der Waals surface area contributed by atoms with Crippen molar-refractivity contribution in [2.45, 2.75) is 0 Å². The Bertz CT molecular complexity index is 555. The van der Waals surface area contributed by atoms with Gasteiger partial charge in [0.1, 0.15) is 0 Å². The van der Waals surface area contributed by atoms with Gasteiger partial charge in [0, 0.05) is 22.0 Å². The number of nitrogens with two attached hydrogens (primary N) is 1. The Hall–Kier alpha value is -2.00. The van der Waals surface area contributed by atoms with Crippen LogP contribution in [0.25, 0.3) is 0 Å². The number of anilines is 2. The monoisotopic (exact) mass is 246 g/mol. The summed E-state index contributed by atoms with van der Waals surface area (Å²) in [5, 5.41) is 3.33. The molecule has 17 heavy (non-hydrogen) atoms. The first-order valence-electron chi connectivity index (χ1n) is 5.07. The van der Waals surface area contributed by atoms with Gasteiger partial charge in [-0.25, -0.2) is 0 Å². The second-order valence-corrected chi connectivity index (χ2v) is 4.03. The van der Waals surface area contributed by atoms with E-state index in [1.807, 2.05) is 0 Å². The van der Waals surface area contributed by atoms with Crippen LogP contribution in [0.15, 0.2) is 48.5 Å². The van der Waals surface area contributed by atoms with Crippen molar-refractivity contribution in [2.75, 3.05) is 11.1 Å². The molecule has 1 amide bonds. The molecule has 0 atom stereocenters. The van der Waals surface area contributed by atoms with E-state index in [-0.39, 0.29) is 5.91 Å². The standard InChI is InChI=1S/C13H11ClN2O/c14-10-4-2-6-12(8-10)16-13(17)9-3-1-5-11(15)7-9/h1-8H,15H2,(H,16,17). The van der Waals surface area contributed by atoms with Crippen LogP contribution in [0.3, 0.4) is 0 Å². The average Bonchev–Trinajstić information content (AvgIpc) is 2.29. The molecule has 86 valence electrons. The molecule has 0 aliphatic carbocycles. The minimum atomic E-state index is -0.209. The molecule has 0 saturated carbocycles. The lowest BCUT2D eigenvalue weighted by Gasteiger charge is -2.05. The molecule has 0 radical (unpaired) electrons. The lowest BCUT2D eigenvalue weighted by molar-refractivity contribution is 0.102. The third-order valence-corrected chi connectivity index (χ3v) is 2.47. The molecule has 2 rings (SSSR count). The zero-order chi connectivity index (χ0) is 12.3. The van der Waals surface area contributed by atoms with Gasteiger partial charge < -0.3 is 11.1 Å². The maximum absolute atomic E-state index is 11.9. The fourth-order valence-electron chi connectivity index (χ4n) is 1.45. The summed E-state index contributed by atoms with van der Waals surface area (Å²) in [6.07, 6.45) is 0. The lowest BCUT2D eigenvalue weighted by atomic mass is 10.2. The molecule has 2 aromatic rings. The molecule has 0 aromatic heterocycles. The van der Waals surface area contributed by atoms with Crippen molar-refractivity contribution in [3.63, 3.8) is 0 Å². The number of halogens is 1. The summed E-state index contributed by atoms with van der Waals surface area (Å²) in [7, 11) is 0. The Labute approximate surface area is 104 Å². The number of carbonyl (C=O) groups is 1. The van der Waals surface area contributed by atoms with Crippen LogP contribution in [-0.4, -0.2) is 5.91 Å². The van der Waals surface area contributed by atoms with Gasteiger partial charge in [0.25, 0.3) is 5.91 Å². The number of nitrogens with one attached hydrogen (secondary N) is 1. The summed E-state index contributed by atoms with van der Waals surface area (Å²) in [4.78, 5) is 11.9. The van der Waals surface area contributed by atoms with Crippen LogP contribution in [0.4, 0.5) is 11.4 Å². The Balaban J connectivity index is 2.17. The van der Waals surface area contributed by atoms with Crippen LogP contribution in [0, 0.1) is 0 Å². The van der Waals surface area contributed by atoms with E-state index in [9.17, 15) is 4.79 Å². The van der Waals surface area contributed by atoms with Crippen LogP contribution >= 0.6 is 11.6 Å².